The molecule has 0 spiro atoms. The molecule has 1 heterocycles. The van der Waals surface area contributed by atoms with Crippen LogP contribution in [0.1, 0.15) is 29.4 Å². The Labute approximate surface area is 188 Å². The number of carbonyl (C=O) groups is 2. The fraction of sp³-hybridized carbons (Fsp3) is 0.292. The van der Waals surface area contributed by atoms with Gasteiger partial charge in [0.15, 0.2) is 0 Å². The topological polar surface area (TPSA) is 88.5 Å². The molecule has 0 aliphatic rings. The van der Waals surface area contributed by atoms with E-state index in [9.17, 15) is 9.59 Å². The van der Waals surface area contributed by atoms with E-state index in [-0.39, 0.29) is 24.9 Å². The number of ether oxygens (including phenoxy) is 1. The summed E-state index contributed by atoms with van der Waals surface area (Å²) in [6.45, 7) is 0.733. The molecule has 2 aromatic carbocycles. The molecule has 1 atom stereocenters. The molecule has 0 aliphatic heterocycles. The maximum atomic E-state index is 12.7. The summed E-state index contributed by atoms with van der Waals surface area (Å²) in [6.07, 6.45) is 3.68. The van der Waals surface area contributed by atoms with Crippen LogP contribution in [0.4, 0.5) is 4.79 Å². The van der Waals surface area contributed by atoms with Crippen molar-refractivity contribution in [3.63, 3.8) is 0 Å². The predicted octanol–water partition coefficient (Wildman–Crippen LogP) is 2.87. The van der Waals surface area contributed by atoms with E-state index < -0.39 is 6.04 Å². The summed E-state index contributed by atoms with van der Waals surface area (Å²) in [7, 11) is 5.22. The van der Waals surface area contributed by atoms with Gasteiger partial charge >= 0.3 is 6.03 Å². The molecule has 32 heavy (non-hydrogen) atoms. The average molecular weight is 436 g/mol. The van der Waals surface area contributed by atoms with E-state index in [0.29, 0.717) is 6.54 Å². The van der Waals surface area contributed by atoms with Crippen LogP contribution in [0.2, 0.25) is 0 Å². The minimum atomic E-state index is -0.412. The Bertz CT molecular complexity index is 1020. The number of nitrogens with zero attached hydrogens (tertiary/aromatic N) is 3. The van der Waals surface area contributed by atoms with Crippen molar-refractivity contribution in [3.05, 3.63) is 83.9 Å². The predicted molar refractivity (Wildman–Crippen MR) is 122 cm³/mol. The first-order chi connectivity index (χ1) is 15.5. The lowest BCUT2D eigenvalue weighted by Crippen LogP contribution is -2.39. The second-order valence-electron chi connectivity index (χ2n) is 7.49. The molecule has 0 saturated heterocycles. The van der Waals surface area contributed by atoms with Gasteiger partial charge in [-0.1, -0.05) is 42.5 Å². The number of imidazole rings is 1. The summed E-state index contributed by atoms with van der Waals surface area (Å²) in [5, 5.41) is 5.83. The van der Waals surface area contributed by atoms with Crippen LogP contribution >= 0.6 is 0 Å². The van der Waals surface area contributed by atoms with Gasteiger partial charge in [0, 0.05) is 46.0 Å². The first kappa shape index (κ1) is 22.9. The Hall–Kier alpha value is -3.81. The summed E-state index contributed by atoms with van der Waals surface area (Å²) in [5.74, 6) is 1.27. The molecule has 1 unspecified atom stereocenters. The molecule has 0 bridgehead atoms. The highest BCUT2D eigenvalue weighted by Crippen LogP contribution is 2.23. The maximum absolute atomic E-state index is 12.7. The quantitative estimate of drug-likeness (QED) is 0.541. The number of amides is 3. The maximum Gasteiger partial charge on any atom is 0.317 e. The molecule has 0 aliphatic carbocycles. The van der Waals surface area contributed by atoms with Crippen LogP contribution in [0.5, 0.6) is 5.75 Å². The van der Waals surface area contributed by atoms with Crippen molar-refractivity contribution in [2.24, 2.45) is 7.05 Å². The number of aryl methyl sites for hydroxylation is 1. The normalized spacial score (nSPS) is 11.5. The van der Waals surface area contributed by atoms with E-state index >= 15 is 0 Å². The van der Waals surface area contributed by atoms with Crippen molar-refractivity contribution in [2.75, 3.05) is 20.7 Å². The van der Waals surface area contributed by atoms with Crippen LogP contribution in [-0.4, -0.2) is 47.1 Å². The number of hydrogen-bond acceptors (Lipinski definition) is 4. The van der Waals surface area contributed by atoms with Gasteiger partial charge in [0.1, 0.15) is 17.6 Å². The van der Waals surface area contributed by atoms with Gasteiger partial charge in [0.05, 0.1) is 7.11 Å². The largest absolute Gasteiger partial charge is 0.497 e. The van der Waals surface area contributed by atoms with Crippen LogP contribution in [0.15, 0.2) is 67.0 Å². The summed E-state index contributed by atoms with van der Waals surface area (Å²) in [5.41, 5.74) is 1.93. The SMILES string of the molecule is COc1ccc(C(NC(=O)CCNC(=O)N(C)Cc2ccccc2)c2nccn2C)cc1. The number of hydrogen-bond donors (Lipinski definition) is 2. The average Bonchev–Trinajstić information content (AvgIpc) is 3.23. The van der Waals surface area contributed by atoms with Crippen molar-refractivity contribution in [1.29, 1.82) is 0 Å². The number of urea groups is 1. The van der Waals surface area contributed by atoms with Gasteiger partial charge in [-0.2, -0.15) is 0 Å². The van der Waals surface area contributed by atoms with Crippen LogP contribution < -0.4 is 15.4 Å². The minimum absolute atomic E-state index is 0.155. The number of nitrogens with one attached hydrogen (secondary N) is 2. The molecule has 0 saturated carbocycles. The second-order valence-corrected chi connectivity index (χ2v) is 7.49. The molecule has 1 aromatic heterocycles. The Balaban J connectivity index is 1.55. The minimum Gasteiger partial charge on any atom is -0.497 e. The zero-order valence-corrected chi connectivity index (χ0v) is 18.6. The Morgan fingerprint density at radius 1 is 1.12 bits per heavy atom. The molecule has 8 nitrogen and oxygen atoms in total. The molecule has 2 N–H and O–H groups in total. The van der Waals surface area contributed by atoms with Gasteiger partial charge < -0.3 is 24.8 Å². The standard InChI is InChI=1S/C24H29N5O3/c1-28-16-15-25-23(28)22(19-9-11-20(32-3)12-10-19)27-21(30)13-14-26-24(31)29(2)17-18-7-5-4-6-8-18/h4-12,15-16,22H,13-14,17H2,1-3H3,(H,26,31)(H,27,30). The van der Waals surface area contributed by atoms with Gasteiger partial charge in [0.2, 0.25) is 5.91 Å². The summed E-state index contributed by atoms with van der Waals surface area (Å²) in [4.78, 5) is 31.0. The van der Waals surface area contributed by atoms with Crippen molar-refractivity contribution < 1.29 is 14.3 Å². The number of benzene rings is 2. The van der Waals surface area contributed by atoms with Crippen molar-refractivity contribution in [2.45, 2.75) is 19.0 Å². The van der Waals surface area contributed by atoms with Crippen LogP contribution in [0.25, 0.3) is 0 Å². The fourth-order valence-electron chi connectivity index (χ4n) is 3.33. The van der Waals surface area contributed by atoms with Crippen LogP contribution in [-0.2, 0) is 18.4 Å². The van der Waals surface area contributed by atoms with E-state index in [0.717, 1.165) is 22.7 Å². The first-order valence-corrected chi connectivity index (χ1v) is 10.4. The molecule has 0 fully saturated rings. The third kappa shape index (κ3) is 6.10. The van der Waals surface area contributed by atoms with Crippen molar-refractivity contribution in [3.8, 4) is 5.75 Å². The second kappa shape index (κ2) is 11.0. The highest BCUT2D eigenvalue weighted by atomic mass is 16.5. The highest BCUT2D eigenvalue weighted by Gasteiger charge is 2.21. The lowest BCUT2D eigenvalue weighted by Gasteiger charge is -2.20. The molecule has 0 radical (unpaired) electrons. The number of rotatable bonds is 9. The van der Waals surface area contributed by atoms with E-state index in [1.165, 1.54) is 0 Å². The zero-order valence-electron chi connectivity index (χ0n) is 18.6. The van der Waals surface area contributed by atoms with Gasteiger partial charge in [0.25, 0.3) is 0 Å². The van der Waals surface area contributed by atoms with Gasteiger partial charge in [-0.15, -0.1) is 0 Å². The lowest BCUT2D eigenvalue weighted by molar-refractivity contribution is -0.121. The molecular weight excluding hydrogens is 406 g/mol. The van der Waals surface area contributed by atoms with E-state index in [1.54, 1.807) is 25.3 Å². The molecular formula is C24H29N5O3. The monoisotopic (exact) mass is 435 g/mol. The van der Waals surface area contributed by atoms with Crippen molar-refractivity contribution in [1.82, 2.24) is 25.1 Å². The Morgan fingerprint density at radius 3 is 2.47 bits per heavy atom. The van der Waals surface area contributed by atoms with Crippen molar-refractivity contribution >= 4 is 11.9 Å². The van der Waals surface area contributed by atoms with Gasteiger partial charge in [-0.05, 0) is 23.3 Å². The highest BCUT2D eigenvalue weighted by molar-refractivity contribution is 5.78. The zero-order chi connectivity index (χ0) is 22.9. The third-order valence-corrected chi connectivity index (χ3v) is 5.11. The Morgan fingerprint density at radius 2 is 1.84 bits per heavy atom. The van der Waals surface area contributed by atoms with E-state index in [1.807, 2.05) is 72.4 Å². The summed E-state index contributed by atoms with van der Waals surface area (Å²) >= 11 is 0. The molecule has 3 amide bonds. The molecule has 8 heteroatoms. The van der Waals surface area contributed by atoms with Gasteiger partial charge in [-0.3, -0.25) is 4.79 Å². The molecule has 168 valence electrons. The van der Waals surface area contributed by atoms with Crippen LogP contribution in [0.3, 0.4) is 0 Å². The Kier molecular flexibility index (Phi) is 7.85. The smallest absolute Gasteiger partial charge is 0.317 e. The van der Waals surface area contributed by atoms with E-state index in [4.69, 9.17) is 4.74 Å². The molecule has 3 rings (SSSR count). The summed E-state index contributed by atoms with van der Waals surface area (Å²) < 4.78 is 7.09. The number of methoxy groups -OCH3 is 1. The summed E-state index contributed by atoms with van der Waals surface area (Å²) in [6, 6.07) is 16.6. The third-order valence-electron chi connectivity index (χ3n) is 5.11. The fourth-order valence-corrected chi connectivity index (χ4v) is 3.33. The first-order valence-electron chi connectivity index (χ1n) is 10.4. The van der Waals surface area contributed by atoms with Crippen LogP contribution in [0, 0.1) is 0 Å². The number of aromatic nitrogens is 2. The molecule has 3 aromatic rings. The van der Waals surface area contributed by atoms with Gasteiger partial charge in [-0.25, -0.2) is 9.78 Å². The lowest BCUT2D eigenvalue weighted by atomic mass is 10.1. The van der Waals surface area contributed by atoms with E-state index in [2.05, 4.69) is 15.6 Å². The number of carbonyl (C=O) groups excluding carboxylic acids is 2.